The van der Waals surface area contributed by atoms with Gasteiger partial charge >= 0.3 is 6.18 Å². The van der Waals surface area contributed by atoms with Gasteiger partial charge in [0.1, 0.15) is 11.6 Å². The molecule has 1 unspecified atom stereocenters. The first-order valence-corrected chi connectivity index (χ1v) is 9.78. The van der Waals surface area contributed by atoms with Crippen molar-refractivity contribution < 1.29 is 27.1 Å². The van der Waals surface area contributed by atoms with E-state index in [9.17, 15) is 27.2 Å². The van der Waals surface area contributed by atoms with E-state index in [0.717, 1.165) is 11.5 Å². The first-order chi connectivity index (χ1) is 13.5. The van der Waals surface area contributed by atoms with Gasteiger partial charge in [-0.25, -0.2) is 4.98 Å². The highest BCUT2D eigenvalue weighted by molar-refractivity contribution is 5.84. The number of hydrogen-bond acceptors (Lipinski definition) is 5. The van der Waals surface area contributed by atoms with E-state index in [4.69, 9.17) is 4.74 Å². The minimum absolute atomic E-state index is 0.154. The number of rotatable bonds is 4. The Morgan fingerprint density at radius 2 is 2.03 bits per heavy atom. The van der Waals surface area contributed by atoms with Gasteiger partial charge in [0.25, 0.3) is 5.56 Å². The maximum atomic E-state index is 14.9. The number of halogens is 4. The highest BCUT2D eigenvalue weighted by Crippen LogP contribution is 2.55. The zero-order valence-corrected chi connectivity index (χ0v) is 16.3. The SMILES string of the molecule is C[C@@H]1COCCN1c1nc2n(c(=O)c1F)C[C@@](C)(C(F)(F)F)C2CC(=O)C1CC1. The molecule has 0 amide bonds. The molecule has 0 spiro atoms. The molecule has 1 saturated heterocycles. The van der Waals surface area contributed by atoms with E-state index in [1.807, 2.05) is 0 Å². The van der Waals surface area contributed by atoms with Crippen LogP contribution in [0.5, 0.6) is 0 Å². The monoisotopic (exact) mass is 417 g/mol. The quantitative estimate of drug-likeness (QED) is 0.705. The van der Waals surface area contributed by atoms with Crippen LogP contribution in [0.25, 0.3) is 0 Å². The summed E-state index contributed by atoms with van der Waals surface area (Å²) in [4.78, 5) is 30.8. The predicted octanol–water partition coefficient (Wildman–Crippen LogP) is 2.64. The zero-order valence-electron chi connectivity index (χ0n) is 16.3. The van der Waals surface area contributed by atoms with Crippen molar-refractivity contribution in [1.29, 1.82) is 0 Å². The van der Waals surface area contributed by atoms with Gasteiger partial charge in [0, 0.05) is 31.3 Å². The Balaban J connectivity index is 1.82. The largest absolute Gasteiger partial charge is 0.396 e. The number of morpholine rings is 1. The number of aromatic nitrogens is 2. The summed E-state index contributed by atoms with van der Waals surface area (Å²) >= 11 is 0. The van der Waals surface area contributed by atoms with Gasteiger partial charge in [-0.15, -0.1) is 0 Å². The van der Waals surface area contributed by atoms with Crippen LogP contribution < -0.4 is 10.5 Å². The fraction of sp³-hybridized carbons (Fsp3) is 0.737. The lowest BCUT2D eigenvalue weighted by Gasteiger charge is -2.35. The van der Waals surface area contributed by atoms with Crippen molar-refractivity contribution in [1.82, 2.24) is 9.55 Å². The van der Waals surface area contributed by atoms with Crippen LogP contribution in [0.2, 0.25) is 0 Å². The summed E-state index contributed by atoms with van der Waals surface area (Å²) in [5, 5.41) is 0. The van der Waals surface area contributed by atoms with Crippen LogP contribution in [0.3, 0.4) is 0 Å². The molecule has 2 fully saturated rings. The number of carbonyl (C=O) groups is 1. The molecule has 10 heteroatoms. The van der Waals surface area contributed by atoms with E-state index in [1.54, 1.807) is 11.8 Å². The van der Waals surface area contributed by atoms with Crippen LogP contribution in [0.15, 0.2) is 4.79 Å². The molecule has 3 heterocycles. The second-order valence-corrected chi connectivity index (χ2v) is 8.53. The lowest BCUT2D eigenvalue weighted by molar-refractivity contribution is -0.225. The van der Waals surface area contributed by atoms with Crippen LogP contribution in [-0.4, -0.2) is 47.3 Å². The third-order valence-corrected chi connectivity index (χ3v) is 6.42. The van der Waals surface area contributed by atoms with Gasteiger partial charge in [-0.3, -0.25) is 14.2 Å². The Kier molecular flexibility index (Phi) is 4.75. The summed E-state index contributed by atoms with van der Waals surface area (Å²) < 4.78 is 62.9. The summed E-state index contributed by atoms with van der Waals surface area (Å²) in [5.41, 5.74) is -3.49. The Morgan fingerprint density at radius 3 is 2.62 bits per heavy atom. The average Bonchev–Trinajstić information content (AvgIpc) is 3.45. The van der Waals surface area contributed by atoms with Crippen molar-refractivity contribution in [3.05, 3.63) is 22.0 Å². The van der Waals surface area contributed by atoms with Crippen molar-refractivity contribution >= 4 is 11.6 Å². The molecular formula is C19H23F4N3O3. The Morgan fingerprint density at radius 1 is 1.34 bits per heavy atom. The molecule has 1 saturated carbocycles. The number of hydrogen-bond donors (Lipinski definition) is 0. The first-order valence-electron chi connectivity index (χ1n) is 9.78. The normalized spacial score (nSPS) is 29.8. The highest BCUT2D eigenvalue weighted by Gasteiger charge is 2.62. The molecule has 1 aliphatic carbocycles. The van der Waals surface area contributed by atoms with Crippen LogP contribution in [-0.2, 0) is 16.1 Å². The summed E-state index contributed by atoms with van der Waals surface area (Å²) in [6.45, 7) is 2.88. The van der Waals surface area contributed by atoms with Gasteiger partial charge in [0.05, 0.1) is 24.7 Å². The maximum absolute atomic E-state index is 14.9. The Bertz CT molecular complexity index is 896. The van der Waals surface area contributed by atoms with Gasteiger partial charge in [-0.2, -0.15) is 17.6 Å². The molecule has 2 aliphatic heterocycles. The number of anilines is 1. The van der Waals surface area contributed by atoms with Gasteiger partial charge in [0.15, 0.2) is 5.82 Å². The summed E-state index contributed by atoms with van der Waals surface area (Å²) in [7, 11) is 0. The number of alkyl halides is 3. The maximum Gasteiger partial charge on any atom is 0.396 e. The molecule has 4 rings (SSSR count). The summed E-state index contributed by atoms with van der Waals surface area (Å²) in [5.74, 6) is -3.36. The number of ketones is 1. The third-order valence-electron chi connectivity index (χ3n) is 6.42. The fourth-order valence-corrected chi connectivity index (χ4v) is 4.29. The molecule has 3 atom stereocenters. The number of carbonyl (C=O) groups excluding carboxylic acids is 1. The molecule has 0 bridgehead atoms. The smallest absolute Gasteiger partial charge is 0.377 e. The lowest BCUT2D eigenvalue weighted by Crippen LogP contribution is -2.46. The Hall–Kier alpha value is -1.97. The van der Waals surface area contributed by atoms with Gasteiger partial charge in [-0.05, 0) is 26.7 Å². The van der Waals surface area contributed by atoms with Crippen LogP contribution in [0, 0.1) is 17.2 Å². The number of Topliss-reactive ketones (excluding diaryl/α,β-unsaturated/α-hetero) is 1. The molecule has 1 aromatic heterocycles. The minimum atomic E-state index is -4.68. The van der Waals surface area contributed by atoms with E-state index in [-0.39, 0.29) is 42.4 Å². The van der Waals surface area contributed by atoms with Crippen molar-refractivity contribution in [2.24, 2.45) is 11.3 Å². The molecule has 29 heavy (non-hydrogen) atoms. The summed E-state index contributed by atoms with van der Waals surface area (Å²) in [6.07, 6.45) is -3.68. The highest BCUT2D eigenvalue weighted by atomic mass is 19.4. The Labute approximate surface area is 164 Å². The van der Waals surface area contributed by atoms with Gasteiger partial charge in [0.2, 0.25) is 5.82 Å². The second kappa shape index (κ2) is 6.78. The topological polar surface area (TPSA) is 64.4 Å². The van der Waals surface area contributed by atoms with E-state index in [1.165, 1.54) is 0 Å². The zero-order chi connectivity index (χ0) is 21.1. The molecule has 0 N–H and O–H groups in total. The van der Waals surface area contributed by atoms with Crippen molar-refractivity contribution in [2.45, 2.75) is 57.8 Å². The molecule has 0 radical (unpaired) electrons. The lowest BCUT2D eigenvalue weighted by atomic mass is 9.75. The number of fused-ring (bicyclic) bond motifs is 1. The molecular weight excluding hydrogens is 394 g/mol. The fourth-order valence-electron chi connectivity index (χ4n) is 4.29. The standard InChI is InChI=1S/C19H23F4N3O3/c1-10-8-29-6-5-25(10)16-14(20)17(28)26-9-18(2,19(21,22)23)12(15(26)24-16)7-13(27)11-3-4-11/h10-12H,3-9H2,1-2H3/t10-,12?,18-/m1/s1. The third kappa shape index (κ3) is 3.25. The average molecular weight is 417 g/mol. The predicted molar refractivity (Wildman–Crippen MR) is 95.3 cm³/mol. The second-order valence-electron chi connectivity index (χ2n) is 8.53. The van der Waals surface area contributed by atoms with Gasteiger partial charge in [-0.1, -0.05) is 0 Å². The van der Waals surface area contributed by atoms with Crippen LogP contribution in [0.1, 0.15) is 44.9 Å². The van der Waals surface area contributed by atoms with E-state index >= 15 is 0 Å². The molecule has 0 aromatic carbocycles. The van der Waals surface area contributed by atoms with E-state index < -0.39 is 35.4 Å². The molecule has 160 valence electrons. The molecule has 3 aliphatic rings. The van der Waals surface area contributed by atoms with Crippen molar-refractivity contribution in [3.63, 3.8) is 0 Å². The van der Waals surface area contributed by atoms with Gasteiger partial charge < -0.3 is 9.64 Å². The summed E-state index contributed by atoms with van der Waals surface area (Å²) in [6, 6.07) is -0.282. The first kappa shape index (κ1) is 20.3. The van der Waals surface area contributed by atoms with E-state index in [0.29, 0.717) is 26.1 Å². The molecule has 6 nitrogen and oxygen atoms in total. The van der Waals surface area contributed by atoms with E-state index in [2.05, 4.69) is 4.98 Å². The van der Waals surface area contributed by atoms with Crippen molar-refractivity contribution in [2.75, 3.05) is 24.7 Å². The van der Waals surface area contributed by atoms with Crippen molar-refractivity contribution in [3.8, 4) is 0 Å². The van der Waals surface area contributed by atoms with Crippen LogP contribution in [0.4, 0.5) is 23.4 Å². The minimum Gasteiger partial charge on any atom is -0.377 e. The number of nitrogens with zero attached hydrogens (tertiary/aromatic N) is 3. The molecule has 1 aromatic rings. The number of ether oxygens (including phenoxy) is 1. The van der Waals surface area contributed by atoms with Crippen LogP contribution >= 0.6 is 0 Å².